The minimum atomic E-state index is -0.0594. The minimum absolute atomic E-state index is 0.0594. The Labute approximate surface area is 201 Å². The molecule has 0 aliphatic rings. The van der Waals surface area contributed by atoms with Gasteiger partial charge >= 0.3 is 0 Å². The van der Waals surface area contributed by atoms with Crippen LogP contribution in [-0.4, -0.2) is 27.2 Å². The van der Waals surface area contributed by atoms with E-state index in [0.29, 0.717) is 8.58 Å². The first-order chi connectivity index (χ1) is 16.0. The lowest BCUT2D eigenvalue weighted by Gasteiger charge is -2.33. The molecule has 0 aromatic heterocycles. The molecule has 174 valence electrons. The fourth-order valence-corrected chi connectivity index (χ4v) is 6.05. The SMILES string of the molecule is CCCC(C)(Pc1ccc(C)cc1/C=N/C)c1cc(Cc2ccccc2)ccc1OCOC. The predicted octanol–water partition coefficient (Wildman–Crippen LogP) is 6.64. The third-order valence-corrected chi connectivity index (χ3v) is 7.65. The molecule has 2 unspecified atom stereocenters. The average molecular weight is 462 g/mol. The molecule has 3 nitrogen and oxygen atoms in total. The van der Waals surface area contributed by atoms with E-state index in [-0.39, 0.29) is 11.9 Å². The molecule has 0 spiro atoms. The maximum absolute atomic E-state index is 6.07. The van der Waals surface area contributed by atoms with Crippen molar-refractivity contribution in [2.75, 3.05) is 21.0 Å². The van der Waals surface area contributed by atoms with Crippen LogP contribution in [0.5, 0.6) is 5.75 Å². The quantitative estimate of drug-likeness (QED) is 0.182. The maximum atomic E-state index is 6.07. The van der Waals surface area contributed by atoms with Gasteiger partial charge in [-0.1, -0.05) is 89.0 Å². The highest BCUT2D eigenvalue weighted by atomic mass is 31.1. The van der Waals surface area contributed by atoms with Gasteiger partial charge in [0.05, 0.1) is 0 Å². The van der Waals surface area contributed by atoms with Crippen molar-refractivity contribution < 1.29 is 9.47 Å². The first-order valence-electron chi connectivity index (χ1n) is 11.6. The first-order valence-corrected chi connectivity index (χ1v) is 12.6. The van der Waals surface area contributed by atoms with Gasteiger partial charge in [0.2, 0.25) is 0 Å². The van der Waals surface area contributed by atoms with E-state index in [1.807, 2.05) is 13.3 Å². The number of rotatable bonds is 11. The minimum Gasteiger partial charge on any atom is -0.467 e. The zero-order chi connectivity index (χ0) is 23.7. The summed E-state index contributed by atoms with van der Waals surface area (Å²) in [5.41, 5.74) is 6.33. The number of aryl methyl sites for hydroxylation is 1. The lowest BCUT2D eigenvalue weighted by molar-refractivity contribution is 0.0500. The number of hydrogen-bond acceptors (Lipinski definition) is 3. The molecule has 0 bridgehead atoms. The molecule has 2 atom stereocenters. The molecule has 0 aliphatic carbocycles. The summed E-state index contributed by atoms with van der Waals surface area (Å²) in [6.45, 7) is 7.02. The molecular formula is C29H36NO2P. The number of methoxy groups -OCH3 is 1. The summed E-state index contributed by atoms with van der Waals surface area (Å²) < 4.78 is 11.3. The monoisotopic (exact) mass is 461 g/mol. The first kappa shape index (κ1) is 25.1. The van der Waals surface area contributed by atoms with Crippen molar-refractivity contribution in [1.29, 1.82) is 0 Å². The van der Waals surface area contributed by atoms with Crippen molar-refractivity contribution in [1.82, 2.24) is 0 Å². The number of nitrogens with zero attached hydrogens (tertiary/aromatic N) is 1. The Hall–Kier alpha value is -2.48. The van der Waals surface area contributed by atoms with Gasteiger partial charge in [-0.15, -0.1) is 0 Å². The summed E-state index contributed by atoms with van der Waals surface area (Å²) in [7, 11) is 4.09. The second kappa shape index (κ2) is 12.1. The van der Waals surface area contributed by atoms with Gasteiger partial charge in [-0.25, -0.2) is 0 Å². The molecule has 3 aromatic carbocycles. The molecule has 0 saturated heterocycles. The second-order valence-electron chi connectivity index (χ2n) is 8.73. The zero-order valence-electron chi connectivity index (χ0n) is 20.5. The summed E-state index contributed by atoms with van der Waals surface area (Å²) in [5, 5.41) is 1.28. The summed E-state index contributed by atoms with van der Waals surface area (Å²) in [4.78, 5) is 4.31. The van der Waals surface area contributed by atoms with Gasteiger partial charge in [0.1, 0.15) is 5.75 Å². The van der Waals surface area contributed by atoms with Crippen molar-refractivity contribution in [3.8, 4) is 5.75 Å². The van der Waals surface area contributed by atoms with E-state index in [1.165, 1.54) is 33.1 Å². The molecule has 0 aliphatic heterocycles. The largest absolute Gasteiger partial charge is 0.467 e. The predicted molar refractivity (Wildman–Crippen MR) is 143 cm³/mol. The van der Waals surface area contributed by atoms with E-state index in [2.05, 4.69) is 92.5 Å². The highest BCUT2D eigenvalue weighted by Gasteiger charge is 2.31. The van der Waals surface area contributed by atoms with E-state index in [1.54, 1.807) is 7.11 Å². The highest BCUT2D eigenvalue weighted by molar-refractivity contribution is 7.48. The molecule has 33 heavy (non-hydrogen) atoms. The van der Waals surface area contributed by atoms with Crippen LogP contribution in [0.4, 0.5) is 0 Å². The molecular weight excluding hydrogens is 425 g/mol. The average Bonchev–Trinajstić information content (AvgIpc) is 2.81. The number of hydrogen-bond donors (Lipinski definition) is 0. The van der Waals surface area contributed by atoms with Crippen LogP contribution in [0.3, 0.4) is 0 Å². The van der Waals surface area contributed by atoms with Gasteiger partial charge < -0.3 is 9.47 Å². The van der Waals surface area contributed by atoms with Crippen LogP contribution in [0.15, 0.2) is 71.7 Å². The molecule has 0 saturated carbocycles. The van der Waals surface area contributed by atoms with Crippen LogP contribution in [-0.2, 0) is 16.3 Å². The van der Waals surface area contributed by atoms with Gasteiger partial charge in [0, 0.05) is 31.1 Å². The molecule has 0 heterocycles. The summed E-state index contributed by atoms with van der Waals surface area (Å²) in [5.74, 6) is 0.912. The van der Waals surface area contributed by atoms with Crippen LogP contribution in [0, 0.1) is 6.92 Å². The Morgan fingerprint density at radius 3 is 2.48 bits per heavy atom. The fourth-order valence-electron chi connectivity index (χ4n) is 4.30. The summed E-state index contributed by atoms with van der Waals surface area (Å²) >= 11 is 0. The smallest absolute Gasteiger partial charge is 0.188 e. The second-order valence-corrected chi connectivity index (χ2v) is 10.6. The molecule has 0 radical (unpaired) electrons. The molecule has 3 rings (SSSR count). The Morgan fingerprint density at radius 2 is 1.79 bits per heavy atom. The van der Waals surface area contributed by atoms with E-state index in [9.17, 15) is 0 Å². The highest BCUT2D eigenvalue weighted by Crippen LogP contribution is 2.48. The lowest BCUT2D eigenvalue weighted by Crippen LogP contribution is -2.22. The van der Waals surface area contributed by atoms with Gasteiger partial charge in [-0.05, 0) is 53.9 Å². The number of ether oxygens (including phenoxy) is 2. The Kier molecular flexibility index (Phi) is 9.23. The third kappa shape index (κ3) is 6.76. The van der Waals surface area contributed by atoms with Crippen LogP contribution in [0.25, 0.3) is 0 Å². The van der Waals surface area contributed by atoms with Crippen LogP contribution in [0.2, 0.25) is 0 Å². The van der Waals surface area contributed by atoms with Crippen molar-refractivity contribution in [2.24, 2.45) is 4.99 Å². The Bertz CT molecular complexity index is 1060. The molecule has 4 heteroatoms. The fraction of sp³-hybridized carbons (Fsp3) is 0.345. The van der Waals surface area contributed by atoms with Crippen LogP contribution >= 0.6 is 8.58 Å². The summed E-state index contributed by atoms with van der Waals surface area (Å²) in [6.07, 6.45) is 5.05. The van der Waals surface area contributed by atoms with Gasteiger partial charge in [-0.3, -0.25) is 4.99 Å². The van der Waals surface area contributed by atoms with Crippen molar-refractivity contribution in [2.45, 2.75) is 45.2 Å². The Balaban J connectivity index is 2.06. The van der Waals surface area contributed by atoms with Crippen LogP contribution in [0.1, 0.15) is 54.5 Å². The van der Waals surface area contributed by atoms with Crippen molar-refractivity contribution in [3.63, 3.8) is 0 Å². The van der Waals surface area contributed by atoms with E-state index >= 15 is 0 Å². The standard InChI is InChI=1S/C29H36NO2P/c1-6-16-29(3,33-28-15-12-22(2)17-25(28)20-30-4)26-19-24(13-14-27(26)32-21-31-5)18-23-10-8-7-9-11-23/h7-15,17,19-20,33H,6,16,18,21H2,1-5H3/b30-20+. The lowest BCUT2D eigenvalue weighted by atomic mass is 9.91. The van der Waals surface area contributed by atoms with E-state index in [4.69, 9.17) is 9.47 Å². The van der Waals surface area contributed by atoms with Crippen LogP contribution < -0.4 is 10.0 Å². The zero-order valence-corrected chi connectivity index (χ0v) is 21.5. The van der Waals surface area contributed by atoms with Crippen molar-refractivity contribution in [3.05, 3.63) is 94.5 Å². The molecule has 0 N–H and O–H groups in total. The van der Waals surface area contributed by atoms with E-state index in [0.717, 1.165) is 25.0 Å². The molecule has 3 aromatic rings. The molecule has 0 amide bonds. The maximum Gasteiger partial charge on any atom is 0.188 e. The number of aliphatic imine (C=N–C) groups is 1. The van der Waals surface area contributed by atoms with Gasteiger partial charge in [0.25, 0.3) is 0 Å². The van der Waals surface area contributed by atoms with E-state index < -0.39 is 0 Å². The topological polar surface area (TPSA) is 30.8 Å². The Morgan fingerprint density at radius 1 is 1.00 bits per heavy atom. The molecule has 0 fully saturated rings. The summed E-state index contributed by atoms with van der Waals surface area (Å²) in [6, 6.07) is 24.0. The van der Waals surface area contributed by atoms with Gasteiger partial charge in [0.15, 0.2) is 6.79 Å². The van der Waals surface area contributed by atoms with Gasteiger partial charge in [-0.2, -0.15) is 0 Å². The third-order valence-electron chi connectivity index (χ3n) is 5.86. The number of benzene rings is 3. The normalized spacial score (nSPS) is 13.6. The van der Waals surface area contributed by atoms with Crippen molar-refractivity contribution >= 4 is 20.1 Å².